The number of fused-ring (bicyclic) bond motifs is 1. The zero-order valence-electron chi connectivity index (χ0n) is 14.8. The first kappa shape index (κ1) is 18.1. The maximum atomic E-state index is 12.3. The lowest BCUT2D eigenvalue weighted by atomic mass is 10.0. The van der Waals surface area contributed by atoms with Crippen LogP contribution in [0.5, 0.6) is 0 Å². The van der Waals surface area contributed by atoms with Gasteiger partial charge in [0.25, 0.3) is 0 Å². The van der Waals surface area contributed by atoms with E-state index in [1.54, 1.807) is 11.3 Å². The van der Waals surface area contributed by atoms with Crippen LogP contribution < -0.4 is 0 Å². The van der Waals surface area contributed by atoms with Crippen molar-refractivity contribution in [3.05, 3.63) is 63.5 Å². The number of carbonyl (C=O) groups excluding carboxylic acids is 2. The Morgan fingerprint density at radius 3 is 2.81 bits per heavy atom. The SMILES string of the molecule is O=C(CCC(=O)c1ccc2c(c1)CCC2)OCc1csc(-c2cccs2)n1. The van der Waals surface area contributed by atoms with E-state index >= 15 is 0 Å². The van der Waals surface area contributed by atoms with Gasteiger partial charge in [0.15, 0.2) is 5.78 Å². The molecule has 1 aromatic carbocycles. The number of esters is 1. The molecule has 0 radical (unpaired) electrons. The van der Waals surface area contributed by atoms with Gasteiger partial charge in [-0.15, -0.1) is 22.7 Å². The molecule has 0 N–H and O–H groups in total. The summed E-state index contributed by atoms with van der Waals surface area (Å²) in [4.78, 5) is 29.9. The summed E-state index contributed by atoms with van der Waals surface area (Å²) in [6, 6.07) is 9.90. The molecule has 0 saturated carbocycles. The average Bonchev–Trinajstić information content (AvgIpc) is 3.44. The van der Waals surface area contributed by atoms with Crippen LogP contribution in [-0.4, -0.2) is 16.7 Å². The van der Waals surface area contributed by atoms with Gasteiger partial charge >= 0.3 is 5.97 Å². The van der Waals surface area contributed by atoms with Crippen LogP contribution in [0.25, 0.3) is 9.88 Å². The monoisotopic (exact) mass is 397 g/mol. The van der Waals surface area contributed by atoms with Crippen molar-refractivity contribution < 1.29 is 14.3 Å². The highest BCUT2D eigenvalue weighted by molar-refractivity contribution is 7.20. The smallest absolute Gasteiger partial charge is 0.306 e. The van der Waals surface area contributed by atoms with E-state index in [1.807, 2.05) is 41.1 Å². The minimum atomic E-state index is -0.366. The van der Waals surface area contributed by atoms with Crippen LogP contribution in [0.4, 0.5) is 0 Å². The summed E-state index contributed by atoms with van der Waals surface area (Å²) in [5.41, 5.74) is 4.05. The number of aromatic nitrogens is 1. The number of thiazole rings is 1. The van der Waals surface area contributed by atoms with Crippen LogP contribution in [0.15, 0.2) is 41.1 Å². The molecule has 6 heteroatoms. The minimum Gasteiger partial charge on any atom is -0.459 e. The predicted molar refractivity (Wildman–Crippen MR) is 107 cm³/mol. The van der Waals surface area contributed by atoms with Crippen molar-refractivity contribution in [3.63, 3.8) is 0 Å². The molecule has 0 unspecified atom stereocenters. The lowest BCUT2D eigenvalue weighted by molar-refractivity contribution is -0.145. The summed E-state index contributed by atoms with van der Waals surface area (Å²) in [5.74, 6) is -0.370. The van der Waals surface area contributed by atoms with E-state index < -0.39 is 0 Å². The molecule has 0 atom stereocenters. The fourth-order valence-electron chi connectivity index (χ4n) is 3.22. The molecule has 3 aromatic rings. The molecule has 0 aliphatic heterocycles. The molecule has 0 fully saturated rings. The minimum absolute atomic E-state index is 0.00436. The Kier molecular flexibility index (Phi) is 5.45. The average molecular weight is 398 g/mol. The first-order chi connectivity index (χ1) is 13.2. The Morgan fingerprint density at radius 1 is 1.07 bits per heavy atom. The second-order valence-electron chi connectivity index (χ2n) is 6.54. The van der Waals surface area contributed by atoms with Crippen LogP contribution in [0.1, 0.15) is 46.4 Å². The molecule has 0 spiro atoms. The number of nitrogens with zero attached hydrogens (tertiary/aromatic N) is 1. The maximum absolute atomic E-state index is 12.3. The fraction of sp³-hybridized carbons (Fsp3) is 0.286. The second kappa shape index (κ2) is 8.15. The van der Waals surface area contributed by atoms with E-state index in [1.165, 1.54) is 22.5 Å². The van der Waals surface area contributed by atoms with Crippen molar-refractivity contribution in [2.24, 2.45) is 0 Å². The van der Waals surface area contributed by atoms with E-state index in [9.17, 15) is 9.59 Å². The Labute approximate surface area is 165 Å². The third-order valence-electron chi connectivity index (χ3n) is 4.64. The van der Waals surface area contributed by atoms with Gasteiger partial charge in [-0.05, 0) is 47.9 Å². The number of carbonyl (C=O) groups is 2. The number of hydrogen-bond acceptors (Lipinski definition) is 6. The summed E-state index contributed by atoms with van der Waals surface area (Å²) >= 11 is 3.17. The van der Waals surface area contributed by atoms with Gasteiger partial charge in [0.2, 0.25) is 0 Å². The summed E-state index contributed by atoms with van der Waals surface area (Å²) < 4.78 is 5.28. The molecule has 2 aromatic heterocycles. The first-order valence-corrected chi connectivity index (χ1v) is 10.7. The highest BCUT2D eigenvalue weighted by Gasteiger charge is 2.15. The van der Waals surface area contributed by atoms with Gasteiger partial charge in [0.1, 0.15) is 11.6 Å². The van der Waals surface area contributed by atoms with Crippen LogP contribution in [-0.2, 0) is 29.0 Å². The number of benzene rings is 1. The zero-order chi connectivity index (χ0) is 18.6. The molecular weight excluding hydrogens is 378 g/mol. The molecule has 2 heterocycles. The number of aryl methyl sites for hydroxylation is 2. The van der Waals surface area contributed by atoms with Gasteiger partial charge < -0.3 is 4.74 Å². The normalized spacial score (nSPS) is 12.7. The van der Waals surface area contributed by atoms with Gasteiger partial charge in [-0.1, -0.05) is 18.2 Å². The Morgan fingerprint density at radius 2 is 1.96 bits per heavy atom. The zero-order valence-corrected chi connectivity index (χ0v) is 16.4. The molecule has 4 rings (SSSR count). The Hall–Kier alpha value is -2.31. The summed E-state index contributed by atoms with van der Waals surface area (Å²) in [7, 11) is 0. The number of ether oxygens (including phenoxy) is 1. The second-order valence-corrected chi connectivity index (χ2v) is 8.35. The van der Waals surface area contributed by atoms with Crippen LogP contribution in [0, 0.1) is 0 Å². The van der Waals surface area contributed by atoms with Crippen molar-refractivity contribution in [2.75, 3.05) is 0 Å². The van der Waals surface area contributed by atoms with E-state index in [0.29, 0.717) is 5.56 Å². The molecule has 0 saturated heterocycles. The topological polar surface area (TPSA) is 56.3 Å². The highest BCUT2D eigenvalue weighted by Crippen LogP contribution is 2.28. The highest BCUT2D eigenvalue weighted by atomic mass is 32.1. The van der Waals surface area contributed by atoms with Gasteiger partial charge in [-0.2, -0.15) is 0 Å². The van der Waals surface area contributed by atoms with Gasteiger partial charge in [0.05, 0.1) is 17.0 Å². The summed E-state index contributed by atoms with van der Waals surface area (Å²) in [6.07, 6.45) is 3.57. The van der Waals surface area contributed by atoms with Crippen LogP contribution in [0.3, 0.4) is 0 Å². The van der Waals surface area contributed by atoms with Crippen molar-refractivity contribution >= 4 is 34.4 Å². The predicted octanol–water partition coefficient (Wildman–Crippen LogP) is 5.07. The summed E-state index contributed by atoms with van der Waals surface area (Å²) in [6.45, 7) is 0.147. The van der Waals surface area contributed by atoms with Gasteiger partial charge in [-0.25, -0.2) is 4.98 Å². The lowest BCUT2D eigenvalue weighted by Crippen LogP contribution is -2.08. The quantitative estimate of drug-likeness (QED) is 0.413. The molecule has 1 aliphatic carbocycles. The Balaban J connectivity index is 1.25. The Bertz CT molecular complexity index is 960. The third kappa shape index (κ3) is 4.34. The first-order valence-electron chi connectivity index (χ1n) is 8.98. The van der Waals surface area contributed by atoms with E-state index in [0.717, 1.165) is 34.8 Å². The van der Waals surface area contributed by atoms with Crippen molar-refractivity contribution in [3.8, 4) is 9.88 Å². The largest absolute Gasteiger partial charge is 0.459 e. The lowest BCUT2D eigenvalue weighted by Gasteiger charge is -2.05. The van der Waals surface area contributed by atoms with E-state index in [2.05, 4.69) is 4.98 Å². The number of Topliss-reactive ketones (excluding diaryl/α,β-unsaturated/α-hetero) is 1. The number of ketones is 1. The number of rotatable bonds is 7. The van der Waals surface area contributed by atoms with Crippen LogP contribution in [0.2, 0.25) is 0 Å². The van der Waals surface area contributed by atoms with Gasteiger partial charge in [0, 0.05) is 17.4 Å². The standard InChI is InChI=1S/C21H19NO3S2/c23-18(16-7-6-14-3-1-4-15(14)11-16)8-9-20(24)25-12-17-13-27-21(22-17)19-5-2-10-26-19/h2,5-7,10-11,13H,1,3-4,8-9,12H2. The fourth-order valence-corrected chi connectivity index (χ4v) is 4.84. The molecule has 0 amide bonds. The molecule has 4 nitrogen and oxygen atoms in total. The van der Waals surface area contributed by atoms with Crippen molar-refractivity contribution in [1.82, 2.24) is 4.98 Å². The number of thiophene rings is 1. The molecule has 0 bridgehead atoms. The number of hydrogen-bond donors (Lipinski definition) is 0. The maximum Gasteiger partial charge on any atom is 0.306 e. The van der Waals surface area contributed by atoms with Crippen molar-refractivity contribution in [2.45, 2.75) is 38.7 Å². The van der Waals surface area contributed by atoms with Gasteiger partial charge in [-0.3, -0.25) is 9.59 Å². The van der Waals surface area contributed by atoms with Crippen LogP contribution >= 0.6 is 22.7 Å². The molecule has 1 aliphatic rings. The molecular formula is C21H19NO3S2. The third-order valence-corrected chi connectivity index (χ3v) is 6.57. The summed E-state index contributed by atoms with van der Waals surface area (Å²) in [5, 5.41) is 4.84. The van der Waals surface area contributed by atoms with E-state index in [4.69, 9.17) is 4.74 Å². The molecule has 138 valence electrons. The van der Waals surface area contributed by atoms with E-state index in [-0.39, 0.29) is 31.2 Å². The molecule has 27 heavy (non-hydrogen) atoms. The van der Waals surface area contributed by atoms with Crippen molar-refractivity contribution in [1.29, 1.82) is 0 Å².